The molecule has 0 bridgehead atoms. The summed E-state index contributed by atoms with van der Waals surface area (Å²) in [5.41, 5.74) is 5.25. The summed E-state index contributed by atoms with van der Waals surface area (Å²) in [7, 11) is -3.96. The van der Waals surface area contributed by atoms with Crippen LogP contribution in [0.25, 0.3) is 0 Å². The lowest BCUT2D eigenvalue weighted by Gasteiger charge is -2.25. The van der Waals surface area contributed by atoms with Crippen LogP contribution in [-0.4, -0.2) is 26.6 Å². The van der Waals surface area contributed by atoms with Gasteiger partial charge in [0, 0.05) is 4.47 Å². The Hall–Kier alpha value is -2.97. The fourth-order valence-corrected chi connectivity index (χ4v) is 4.88. The number of carbonyl (C=O) groups excluding carboxylic acids is 1. The van der Waals surface area contributed by atoms with Crippen LogP contribution in [0.5, 0.6) is 0 Å². The van der Waals surface area contributed by atoms with Crippen LogP contribution in [0.4, 0.5) is 5.69 Å². The maximum absolute atomic E-state index is 13.4. The predicted octanol–water partition coefficient (Wildman–Crippen LogP) is 4.75. The second kappa shape index (κ2) is 10.6. The van der Waals surface area contributed by atoms with Crippen molar-refractivity contribution in [2.75, 3.05) is 10.8 Å². The maximum Gasteiger partial charge on any atom is 0.264 e. The number of hydrogen-bond acceptors (Lipinski definition) is 4. The number of nitrogens with one attached hydrogen (secondary N) is 1. The molecular weight excluding hydrogens is 490 g/mol. The number of para-hydroxylation sites is 1. The van der Waals surface area contributed by atoms with Crippen molar-refractivity contribution in [3.63, 3.8) is 0 Å². The van der Waals surface area contributed by atoms with Crippen LogP contribution in [0.2, 0.25) is 0 Å². The van der Waals surface area contributed by atoms with Crippen molar-refractivity contribution in [3.8, 4) is 0 Å². The number of aryl methyl sites for hydroxylation is 1. The molecule has 0 unspecified atom stereocenters. The first-order valence-electron chi connectivity index (χ1n) is 10.1. The van der Waals surface area contributed by atoms with Crippen molar-refractivity contribution in [1.29, 1.82) is 0 Å². The van der Waals surface area contributed by atoms with Gasteiger partial charge in [0.1, 0.15) is 6.54 Å². The van der Waals surface area contributed by atoms with Gasteiger partial charge in [-0.15, -0.1) is 0 Å². The Morgan fingerprint density at radius 1 is 0.969 bits per heavy atom. The molecule has 6 nitrogen and oxygen atoms in total. The number of hydrazone groups is 1. The zero-order chi connectivity index (χ0) is 23.1. The van der Waals surface area contributed by atoms with Crippen molar-refractivity contribution >= 4 is 43.3 Å². The molecule has 3 aromatic carbocycles. The quantitative estimate of drug-likeness (QED) is 0.348. The van der Waals surface area contributed by atoms with Gasteiger partial charge in [0.05, 0.1) is 16.3 Å². The Balaban J connectivity index is 1.90. The van der Waals surface area contributed by atoms with Crippen LogP contribution in [0, 0.1) is 0 Å². The van der Waals surface area contributed by atoms with Gasteiger partial charge in [0.25, 0.3) is 15.9 Å². The molecule has 0 atom stereocenters. The summed E-state index contributed by atoms with van der Waals surface area (Å²) < 4.78 is 28.9. The first kappa shape index (κ1) is 23.7. The highest BCUT2D eigenvalue weighted by Gasteiger charge is 2.28. The summed E-state index contributed by atoms with van der Waals surface area (Å²) in [6.07, 6.45) is 0.624. The molecule has 8 heteroatoms. The number of carbonyl (C=O) groups is 1. The fraction of sp³-hybridized carbons (Fsp3) is 0.167. The molecule has 0 spiro atoms. The molecule has 0 aromatic heterocycles. The van der Waals surface area contributed by atoms with Gasteiger partial charge in [-0.1, -0.05) is 71.4 Å². The van der Waals surface area contributed by atoms with E-state index in [4.69, 9.17) is 0 Å². The van der Waals surface area contributed by atoms with E-state index in [1.54, 1.807) is 37.3 Å². The van der Waals surface area contributed by atoms with Crippen LogP contribution in [0.1, 0.15) is 25.0 Å². The molecule has 0 aliphatic rings. The van der Waals surface area contributed by atoms with E-state index in [0.717, 1.165) is 19.9 Å². The molecule has 0 aliphatic heterocycles. The van der Waals surface area contributed by atoms with E-state index < -0.39 is 22.5 Å². The van der Waals surface area contributed by atoms with Crippen molar-refractivity contribution in [1.82, 2.24) is 5.43 Å². The summed E-state index contributed by atoms with van der Waals surface area (Å²) in [5, 5.41) is 4.15. The van der Waals surface area contributed by atoms with Gasteiger partial charge in [-0.05, 0) is 54.8 Å². The number of nitrogens with zero attached hydrogens (tertiary/aromatic N) is 2. The summed E-state index contributed by atoms with van der Waals surface area (Å²) in [6, 6.07) is 22.8. The zero-order valence-electron chi connectivity index (χ0n) is 17.8. The molecular formula is C24H24BrN3O3S. The topological polar surface area (TPSA) is 78.8 Å². The second-order valence-corrected chi connectivity index (χ2v) is 9.82. The first-order chi connectivity index (χ1) is 15.3. The molecule has 3 rings (SSSR count). The Morgan fingerprint density at radius 3 is 2.25 bits per heavy atom. The zero-order valence-corrected chi connectivity index (χ0v) is 20.2. The van der Waals surface area contributed by atoms with Gasteiger partial charge in [-0.2, -0.15) is 5.10 Å². The van der Waals surface area contributed by atoms with Crippen LogP contribution in [-0.2, 0) is 21.2 Å². The van der Waals surface area contributed by atoms with Crippen LogP contribution < -0.4 is 9.73 Å². The number of rotatable bonds is 8. The molecule has 0 aliphatic carbocycles. The van der Waals surface area contributed by atoms with E-state index in [9.17, 15) is 13.2 Å². The molecule has 0 saturated carbocycles. The first-order valence-corrected chi connectivity index (χ1v) is 12.3. The third-order valence-corrected chi connectivity index (χ3v) is 7.17. The third-order valence-electron chi connectivity index (χ3n) is 4.87. The van der Waals surface area contributed by atoms with Crippen molar-refractivity contribution in [2.24, 2.45) is 5.10 Å². The second-order valence-electron chi connectivity index (χ2n) is 7.05. The molecule has 1 N–H and O–H groups in total. The highest BCUT2D eigenvalue weighted by molar-refractivity contribution is 9.10. The van der Waals surface area contributed by atoms with E-state index in [1.807, 2.05) is 43.3 Å². The van der Waals surface area contributed by atoms with Crippen molar-refractivity contribution < 1.29 is 13.2 Å². The van der Waals surface area contributed by atoms with Crippen LogP contribution in [0.15, 0.2) is 93.3 Å². The Labute approximate surface area is 197 Å². The lowest BCUT2D eigenvalue weighted by molar-refractivity contribution is -0.119. The average molecular weight is 514 g/mol. The van der Waals surface area contributed by atoms with Gasteiger partial charge in [0.2, 0.25) is 0 Å². The highest BCUT2D eigenvalue weighted by Crippen LogP contribution is 2.27. The number of benzene rings is 3. The van der Waals surface area contributed by atoms with E-state index in [0.29, 0.717) is 17.8 Å². The smallest absolute Gasteiger partial charge is 0.264 e. The molecule has 1 amide bonds. The minimum atomic E-state index is -3.96. The van der Waals surface area contributed by atoms with Gasteiger partial charge in [0.15, 0.2) is 0 Å². The molecule has 3 aromatic rings. The van der Waals surface area contributed by atoms with E-state index >= 15 is 0 Å². The van der Waals surface area contributed by atoms with E-state index in [-0.39, 0.29) is 4.90 Å². The van der Waals surface area contributed by atoms with Gasteiger partial charge in [-0.25, -0.2) is 13.8 Å². The standard InChI is InChI=1S/C24H24BrN3O3S/c1-3-19-9-7-8-12-23(19)28(32(30,31)22-10-5-4-6-11-22)17-24(29)27-26-18(2)20-13-15-21(25)16-14-20/h4-16H,3,17H2,1-2H3,(H,27,29)/b26-18-. The minimum absolute atomic E-state index is 0.119. The fourth-order valence-electron chi connectivity index (χ4n) is 3.14. The Morgan fingerprint density at radius 2 is 1.59 bits per heavy atom. The number of halogens is 1. The predicted molar refractivity (Wildman–Crippen MR) is 131 cm³/mol. The van der Waals surface area contributed by atoms with Gasteiger partial charge >= 0.3 is 0 Å². The number of anilines is 1. The lowest BCUT2D eigenvalue weighted by Crippen LogP contribution is -2.40. The normalized spacial score (nSPS) is 11.8. The minimum Gasteiger partial charge on any atom is -0.271 e. The van der Waals surface area contributed by atoms with E-state index in [2.05, 4.69) is 26.5 Å². The number of sulfonamides is 1. The average Bonchev–Trinajstić information content (AvgIpc) is 2.82. The SMILES string of the molecule is CCc1ccccc1N(CC(=O)N/N=C(/C)c1ccc(Br)cc1)S(=O)(=O)c1ccccc1. The summed E-state index contributed by atoms with van der Waals surface area (Å²) in [5.74, 6) is -0.535. The molecule has 0 heterocycles. The lowest BCUT2D eigenvalue weighted by atomic mass is 10.1. The summed E-state index contributed by atoms with van der Waals surface area (Å²) in [4.78, 5) is 12.9. The third kappa shape index (κ3) is 5.63. The van der Waals surface area contributed by atoms with Crippen LogP contribution in [0.3, 0.4) is 0 Å². The van der Waals surface area contributed by atoms with Gasteiger partial charge < -0.3 is 0 Å². The van der Waals surface area contributed by atoms with Gasteiger partial charge in [-0.3, -0.25) is 9.10 Å². The molecule has 32 heavy (non-hydrogen) atoms. The summed E-state index contributed by atoms with van der Waals surface area (Å²) in [6.45, 7) is 3.32. The number of hydrogen-bond donors (Lipinski definition) is 1. The molecule has 166 valence electrons. The summed E-state index contributed by atoms with van der Waals surface area (Å²) >= 11 is 3.38. The van der Waals surface area contributed by atoms with E-state index in [1.165, 1.54) is 12.1 Å². The molecule has 0 radical (unpaired) electrons. The van der Waals surface area contributed by atoms with Crippen LogP contribution >= 0.6 is 15.9 Å². The molecule has 0 saturated heterocycles. The number of amides is 1. The maximum atomic E-state index is 13.4. The largest absolute Gasteiger partial charge is 0.271 e. The monoisotopic (exact) mass is 513 g/mol. The molecule has 0 fully saturated rings. The van der Waals surface area contributed by atoms with Crippen molar-refractivity contribution in [2.45, 2.75) is 25.2 Å². The van der Waals surface area contributed by atoms with Crippen molar-refractivity contribution in [3.05, 3.63) is 94.5 Å². The Kier molecular flexibility index (Phi) is 7.82. The highest BCUT2D eigenvalue weighted by atomic mass is 79.9. The Bertz CT molecular complexity index is 1210.